The normalized spacial score (nSPS) is 14.3. The van der Waals surface area contributed by atoms with E-state index in [1.807, 2.05) is 0 Å². The molecule has 1 aliphatic rings. The molecular formula is C19H19FN4O4S. The van der Waals surface area contributed by atoms with Crippen LogP contribution in [0.5, 0.6) is 0 Å². The largest absolute Gasteiger partial charge is 0.441 e. The molecule has 0 bridgehead atoms. The van der Waals surface area contributed by atoms with Crippen LogP contribution in [-0.2, 0) is 10.0 Å². The predicted octanol–water partition coefficient (Wildman–Crippen LogP) is 3.15. The number of anilines is 1. The lowest BCUT2D eigenvalue weighted by atomic mass is 10.2. The molecule has 0 atom stereocenters. The minimum absolute atomic E-state index is 0.174. The number of furan rings is 1. The molecule has 1 saturated heterocycles. The standard InChI is InChI=1S/C19H19FN4O4S/c1-12-10-13(20)4-5-15(12)23-29(26,27)17-7-6-16(28-17)18-14(11-21-22-18)19(25)24-8-2-3-9-24/h4-7,10-11,23H,2-3,8-9H2,1H3,(H,21,22). The average Bonchev–Trinajstić information content (AvgIpc) is 3.43. The number of sulfonamides is 1. The Morgan fingerprint density at radius 2 is 2.00 bits per heavy atom. The van der Waals surface area contributed by atoms with E-state index >= 15 is 0 Å². The fourth-order valence-electron chi connectivity index (χ4n) is 3.26. The topological polar surface area (TPSA) is 108 Å². The van der Waals surface area contributed by atoms with Gasteiger partial charge in [-0.1, -0.05) is 0 Å². The van der Waals surface area contributed by atoms with Crippen molar-refractivity contribution in [1.82, 2.24) is 15.1 Å². The van der Waals surface area contributed by atoms with Crippen molar-refractivity contribution in [2.75, 3.05) is 17.8 Å². The molecule has 8 nitrogen and oxygen atoms in total. The van der Waals surface area contributed by atoms with Crippen LogP contribution in [0.3, 0.4) is 0 Å². The highest BCUT2D eigenvalue weighted by molar-refractivity contribution is 7.92. The molecule has 29 heavy (non-hydrogen) atoms. The van der Waals surface area contributed by atoms with Crippen LogP contribution in [0, 0.1) is 12.7 Å². The maximum atomic E-state index is 13.2. The minimum Gasteiger partial charge on any atom is -0.441 e. The molecule has 4 rings (SSSR count). The zero-order valence-corrected chi connectivity index (χ0v) is 16.4. The van der Waals surface area contributed by atoms with Crippen molar-refractivity contribution in [2.45, 2.75) is 24.9 Å². The van der Waals surface area contributed by atoms with Gasteiger partial charge >= 0.3 is 0 Å². The van der Waals surface area contributed by atoms with Gasteiger partial charge in [0.15, 0.2) is 5.76 Å². The van der Waals surface area contributed by atoms with E-state index in [9.17, 15) is 17.6 Å². The quantitative estimate of drug-likeness (QED) is 0.662. The van der Waals surface area contributed by atoms with Gasteiger partial charge in [0.25, 0.3) is 15.9 Å². The zero-order valence-electron chi connectivity index (χ0n) is 15.6. The van der Waals surface area contributed by atoms with Crippen LogP contribution < -0.4 is 4.72 Å². The Balaban J connectivity index is 1.60. The summed E-state index contributed by atoms with van der Waals surface area (Å²) in [7, 11) is -4.04. The number of aromatic amines is 1. The van der Waals surface area contributed by atoms with Gasteiger partial charge < -0.3 is 9.32 Å². The molecule has 0 spiro atoms. The fourth-order valence-corrected chi connectivity index (χ4v) is 4.33. The molecule has 10 heteroatoms. The van der Waals surface area contributed by atoms with E-state index in [2.05, 4.69) is 14.9 Å². The highest BCUT2D eigenvalue weighted by Crippen LogP contribution is 2.28. The van der Waals surface area contributed by atoms with Gasteiger partial charge in [-0.2, -0.15) is 13.5 Å². The fraction of sp³-hybridized carbons (Fsp3) is 0.263. The number of H-pyrrole nitrogens is 1. The summed E-state index contributed by atoms with van der Waals surface area (Å²) in [6.45, 7) is 2.96. The first-order chi connectivity index (χ1) is 13.8. The summed E-state index contributed by atoms with van der Waals surface area (Å²) >= 11 is 0. The smallest absolute Gasteiger partial charge is 0.295 e. The van der Waals surface area contributed by atoms with Crippen molar-refractivity contribution in [1.29, 1.82) is 0 Å². The van der Waals surface area contributed by atoms with E-state index < -0.39 is 15.8 Å². The number of nitrogens with zero attached hydrogens (tertiary/aromatic N) is 2. The number of carbonyl (C=O) groups is 1. The summed E-state index contributed by atoms with van der Waals surface area (Å²) in [5.41, 5.74) is 1.33. The lowest BCUT2D eigenvalue weighted by molar-refractivity contribution is 0.0793. The number of benzene rings is 1. The van der Waals surface area contributed by atoms with Crippen molar-refractivity contribution in [2.24, 2.45) is 0 Å². The Hall–Kier alpha value is -3.14. The number of aromatic nitrogens is 2. The van der Waals surface area contributed by atoms with Crippen molar-refractivity contribution in [3.05, 3.63) is 53.5 Å². The van der Waals surface area contributed by atoms with Crippen molar-refractivity contribution < 1.29 is 22.0 Å². The summed E-state index contributed by atoms with van der Waals surface area (Å²) in [4.78, 5) is 14.4. The summed E-state index contributed by atoms with van der Waals surface area (Å²) in [6, 6.07) is 6.49. The van der Waals surface area contributed by atoms with Crippen LogP contribution in [0.15, 0.2) is 46.0 Å². The Kier molecular flexibility index (Phi) is 4.87. The van der Waals surface area contributed by atoms with Crippen LogP contribution in [0.2, 0.25) is 0 Å². The van der Waals surface area contributed by atoms with Crippen LogP contribution in [0.1, 0.15) is 28.8 Å². The van der Waals surface area contributed by atoms with Gasteiger partial charge in [-0.05, 0) is 55.7 Å². The van der Waals surface area contributed by atoms with Gasteiger partial charge in [-0.15, -0.1) is 0 Å². The minimum atomic E-state index is -4.04. The number of aryl methyl sites for hydroxylation is 1. The number of carbonyl (C=O) groups excluding carboxylic acids is 1. The molecule has 0 saturated carbocycles. The van der Waals surface area contributed by atoms with E-state index in [1.165, 1.54) is 36.5 Å². The van der Waals surface area contributed by atoms with Gasteiger partial charge in [0.2, 0.25) is 5.09 Å². The van der Waals surface area contributed by atoms with E-state index in [-0.39, 0.29) is 22.4 Å². The highest BCUT2D eigenvalue weighted by atomic mass is 32.2. The number of amides is 1. The molecule has 152 valence electrons. The number of likely N-dealkylation sites (tertiary alicyclic amines) is 1. The number of hydrogen-bond donors (Lipinski definition) is 2. The molecule has 0 radical (unpaired) electrons. The Bertz CT molecular complexity index is 1160. The third-order valence-electron chi connectivity index (χ3n) is 4.79. The molecule has 1 aliphatic heterocycles. The van der Waals surface area contributed by atoms with Crippen molar-refractivity contribution >= 4 is 21.6 Å². The van der Waals surface area contributed by atoms with Gasteiger partial charge in [0.1, 0.15) is 11.5 Å². The lowest BCUT2D eigenvalue weighted by Gasteiger charge is -2.14. The van der Waals surface area contributed by atoms with E-state index in [0.29, 0.717) is 29.9 Å². The maximum absolute atomic E-state index is 13.2. The second-order valence-electron chi connectivity index (χ2n) is 6.84. The summed E-state index contributed by atoms with van der Waals surface area (Å²) in [6.07, 6.45) is 3.32. The number of halogens is 1. The van der Waals surface area contributed by atoms with Crippen LogP contribution in [0.4, 0.5) is 10.1 Å². The molecule has 1 fully saturated rings. The molecule has 1 amide bonds. The molecule has 2 N–H and O–H groups in total. The Labute approximate surface area is 166 Å². The van der Waals surface area contributed by atoms with Gasteiger partial charge in [0.05, 0.1) is 17.4 Å². The van der Waals surface area contributed by atoms with E-state index in [1.54, 1.807) is 11.8 Å². The monoisotopic (exact) mass is 418 g/mol. The molecule has 3 aromatic rings. The maximum Gasteiger partial charge on any atom is 0.295 e. The molecule has 0 aliphatic carbocycles. The van der Waals surface area contributed by atoms with Crippen molar-refractivity contribution in [3.8, 4) is 11.5 Å². The first-order valence-corrected chi connectivity index (χ1v) is 10.6. The number of hydrogen-bond acceptors (Lipinski definition) is 5. The molecule has 3 heterocycles. The zero-order chi connectivity index (χ0) is 20.6. The first-order valence-electron chi connectivity index (χ1n) is 9.07. The van der Waals surface area contributed by atoms with E-state index in [0.717, 1.165) is 12.8 Å². The van der Waals surface area contributed by atoms with Gasteiger partial charge in [-0.3, -0.25) is 14.6 Å². The number of nitrogens with one attached hydrogen (secondary N) is 2. The molecule has 2 aromatic heterocycles. The third kappa shape index (κ3) is 3.75. The average molecular weight is 418 g/mol. The summed E-state index contributed by atoms with van der Waals surface area (Å²) in [5, 5.41) is 6.30. The second kappa shape index (κ2) is 7.36. The Morgan fingerprint density at radius 3 is 2.72 bits per heavy atom. The van der Waals surface area contributed by atoms with Gasteiger partial charge in [0, 0.05) is 13.1 Å². The molecular weight excluding hydrogens is 399 g/mol. The predicted molar refractivity (Wildman–Crippen MR) is 103 cm³/mol. The summed E-state index contributed by atoms with van der Waals surface area (Å²) < 4.78 is 46.4. The number of rotatable bonds is 5. The van der Waals surface area contributed by atoms with Crippen LogP contribution in [-0.4, -0.2) is 42.5 Å². The highest BCUT2D eigenvalue weighted by Gasteiger charge is 2.26. The van der Waals surface area contributed by atoms with Crippen LogP contribution in [0.25, 0.3) is 11.5 Å². The molecule has 1 aromatic carbocycles. The first kappa shape index (κ1) is 19.2. The van der Waals surface area contributed by atoms with Crippen LogP contribution >= 0.6 is 0 Å². The lowest BCUT2D eigenvalue weighted by Crippen LogP contribution is -2.27. The second-order valence-corrected chi connectivity index (χ2v) is 8.45. The SMILES string of the molecule is Cc1cc(F)ccc1NS(=O)(=O)c1ccc(-c2[nH]ncc2C(=O)N2CCCC2)o1. The third-order valence-corrected chi connectivity index (χ3v) is 6.03. The van der Waals surface area contributed by atoms with E-state index in [4.69, 9.17) is 4.42 Å². The summed E-state index contributed by atoms with van der Waals surface area (Å²) in [5.74, 6) is -0.450. The van der Waals surface area contributed by atoms with Gasteiger partial charge in [-0.25, -0.2) is 4.39 Å². The Morgan fingerprint density at radius 1 is 1.24 bits per heavy atom. The van der Waals surface area contributed by atoms with Crippen molar-refractivity contribution in [3.63, 3.8) is 0 Å². The molecule has 0 unspecified atom stereocenters.